The van der Waals surface area contributed by atoms with Gasteiger partial charge in [-0.1, -0.05) is 12.1 Å². The topological polar surface area (TPSA) is 116 Å². The summed E-state index contributed by atoms with van der Waals surface area (Å²) in [5, 5.41) is 9.30. The van der Waals surface area contributed by atoms with Crippen molar-refractivity contribution in [1.29, 1.82) is 5.26 Å². The zero-order valence-electron chi connectivity index (χ0n) is 23.8. The predicted octanol–water partition coefficient (Wildman–Crippen LogP) is 4.32. The summed E-state index contributed by atoms with van der Waals surface area (Å²) in [5.74, 6) is 0.188. The van der Waals surface area contributed by atoms with Gasteiger partial charge >= 0.3 is 6.09 Å². The van der Waals surface area contributed by atoms with Crippen molar-refractivity contribution in [3.63, 3.8) is 0 Å². The van der Waals surface area contributed by atoms with E-state index in [9.17, 15) is 19.6 Å². The Morgan fingerprint density at radius 3 is 2.39 bits per heavy atom. The van der Waals surface area contributed by atoms with Crippen LogP contribution in [0, 0.1) is 17.2 Å². The lowest BCUT2D eigenvalue weighted by Gasteiger charge is -2.43. The molecule has 11 heteroatoms. The monoisotopic (exact) mass is 577 g/mol. The molecule has 0 bridgehead atoms. The van der Waals surface area contributed by atoms with Crippen LogP contribution < -0.4 is 14.5 Å². The highest BCUT2D eigenvalue weighted by Gasteiger charge is 2.65. The molecule has 2 aliphatic heterocycles. The van der Waals surface area contributed by atoms with E-state index in [0.29, 0.717) is 37.5 Å². The average molecular weight is 578 g/mol. The van der Waals surface area contributed by atoms with Crippen LogP contribution in [0.3, 0.4) is 0 Å². The molecule has 2 unspecified atom stereocenters. The van der Waals surface area contributed by atoms with Crippen molar-refractivity contribution in [2.24, 2.45) is 5.92 Å². The first-order valence-electron chi connectivity index (χ1n) is 13.8. The molecule has 3 fully saturated rings. The van der Waals surface area contributed by atoms with Crippen molar-refractivity contribution < 1.29 is 23.9 Å². The number of ether oxygens (including phenoxy) is 2. The molecule has 10 nitrogen and oxygen atoms in total. The number of carbonyl (C=O) groups is 3. The summed E-state index contributed by atoms with van der Waals surface area (Å²) < 4.78 is 10.8. The van der Waals surface area contributed by atoms with Crippen LogP contribution >= 0.6 is 12.6 Å². The smallest absolute Gasteiger partial charge is 0.410 e. The van der Waals surface area contributed by atoms with E-state index in [1.54, 1.807) is 15.9 Å². The van der Waals surface area contributed by atoms with Crippen molar-refractivity contribution >= 4 is 41.8 Å². The summed E-state index contributed by atoms with van der Waals surface area (Å²) in [7, 11) is 1.43. The van der Waals surface area contributed by atoms with Gasteiger partial charge in [0.15, 0.2) is 28.3 Å². The van der Waals surface area contributed by atoms with Gasteiger partial charge in [-0.3, -0.25) is 14.5 Å². The Labute approximate surface area is 245 Å². The van der Waals surface area contributed by atoms with Crippen molar-refractivity contribution in [2.45, 2.75) is 69.5 Å². The van der Waals surface area contributed by atoms with Gasteiger partial charge in [0.2, 0.25) is 0 Å². The zero-order valence-corrected chi connectivity index (χ0v) is 24.7. The molecular weight excluding hydrogens is 542 g/mol. The maximum Gasteiger partial charge on any atom is 0.410 e. The average Bonchev–Trinajstić information content (AvgIpc) is 3.19. The summed E-state index contributed by atoms with van der Waals surface area (Å²) in [6.07, 6.45) is 4.57. The molecule has 3 aliphatic rings. The number of nitriles is 1. The van der Waals surface area contributed by atoms with E-state index in [4.69, 9.17) is 22.1 Å². The normalized spacial score (nSPS) is 23.0. The Morgan fingerprint density at radius 1 is 1.17 bits per heavy atom. The first kappa shape index (κ1) is 28.7. The molecule has 1 saturated carbocycles. The Hall–Kier alpha value is -3.78. The van der Waals surface area contributed by atoms with Gasteiger partial charge in [0, 0.05) is 31.3 Å². The molecule has 2 atom stereocenters. The largest absolute Gasteiger partial charge is 0.494 e. The van der Waals surface area contributed by atoms with Crippen LogP contribution in [-0.4, -0.2) is 64.5 Å². The molecule has 0 N–H and O–H groups in total. The minimum Gasteiger partial charge on any atom is -0.494 e. The maximum absolute atomic E-state index is 13.8. The van der Waals surface area contributed by atoms with Crippen LogP contribution in [0.4, 0.5) is 16.2 Å². The third-order valence-electron chi connectivity index (χ3n) is 8.07. The number of ketones is 1. The molecule has 2 saturated heterocycles. The number of Topliss-reactive ketones (excluding diaryl/α,β-unsaturated/α-hetero) is 1. The lowest BCUT2D eigenvalue weighted by atomic mass is 9.73. The van der Waals surface area contributed by atoms with Crippen molar-refractivity contribution in [2.75, 3.05) is 30.0 Å². The van der Waals surface area contributed by atoms with Crippen LogP contribution in [0.2, 0.25) is 0 Å². The molecule has 1 spiro atoms. The number of likely N-dealkylation sites (tertiary alicyclic amines) is 1. The fourth-order valence-electron chi connectivity index (χ4n) is 5.85. The van der Waals surface area contributed by atoms with Crippen molar-refractivity contribution in [3.05, 3.63) is 47.8 Å². The summed E-state index contributed by atoms with van der Waals surface area (Å²) in [4.78, 5) is 48.4. The van der Waals surface area contributed by atoms with Gasteiger partial charge in [-0.15, -0.1) is 12.6 Å². The highest BCUT2D eigenvalue weighted by atomic mass is 32.1. The van der Waals surface area contributed by atoms with Crippen LogP contribution in [0.15, 0.2) is 36.5 Å². The molecule has 1 aromatic carbocycles. The molecule has 216 valence electrons. The van der Waals surface area contributed by atoms with Gasteiger partial charge in [0.05, 0.1) is 19.0 Å². The van der Waals surface area contributed by atoms with Crippen LogP contribution in [0.25, 0.3) is 0 Å². The summed E-state index contributed by atoms with van der Waals surface area (Å²) in [6, 6.07) is 11.5. The van der Waals surface area contributed by atoms with E-state index in [-0.39, 0.29) is 29.2 Å². The standard InChI is InChI=1S/C30H35N5O5S/c1-29(2,3)40-28(38)33-13-10-20(11-14-33)15-19-5-7-21(8-6-19)35-27(41)34(26(37)30(35)12-9-25(30)36)22-16-24(39-4)23(17-31)32-18-22/h5-8,16,18,20,27,41H,9-15H2,1-4H3. The molecule has 0 radical (unpaired) electrons. The zero-order chi connectivity index (χ0) is 29.5. The molecule has 3 heterocycles. The highest BCUT2D eigenvalue weighted by molar-refractivity contribution is 7.81. The predicted molar refractivity (Wildman–Crippen MR) is 156 cm³/mol. The third-order valence-corrected chi connectivity index (χ3v) is 8.53. The number of rotatable bonds is 5. The number of benzene rings is 1. The van der Waals surface area contributed by atoms with E-state index >= 15 is 0 Å². The number of amides is 2. The summed E-state index contributed by atoms with van der Waals surface area (Å²) in [5.41, 5.74) is -0.188. The van der Waals surface area contributed by atoms with Crippen molar-refractivity contribution in [3.8, 4) is 11.8 Å². The minimum absolute atomic E-state index is 0.107. The Balaban J connectivity index is 1.31. The van der Waals surface area contributed by atoms with E-state index in [0.717, 1.165) is 30.5 Å². The van der Waals surface area contributed by atoms with Gasteiger partial charge in [0.25, 0.3) is 5.91 Å². The number of anilines is 2. The van der Waals surface area contributed by atoms with E-state index in [1.807, 2.05) is 51.1 Å². The quantitative estimate of drug-likeness (QED) is 0.413. The summed E-state index contributed by atoms with van der Waals surface area (Å²) >= 11 is 4.80. The number of aromatic nitrogens is 1. The van der Waals surface area contributed by atoms with Gasteiger partial charge in [0.1, 0.15) is 11.7 Å². The number of hydrogen-bond acceptors (Lipinski definition) is 9. The third kappa shape index (κ3) is 5.21. The second-order valence-corrected chi connectivity index (χ2v) is 12.3. The van der Waals surface area contributed by atoms with Crippen LogP contribution in [0.5, 0.6) is 5.75 Å². The molecular formula is C30H35N5O5S. The first-order valence-corrected chi connectivity index (χ1v) is 14.4. The van der Waals surface area contributed by atoms with Gasteiger partial charge in [-0.05, 0) is 70.1 Å². The summed E-state index contributed by atoms with van der Waals surface area (Å²) in [6.45, 7) is 6.96. The number of methoxy groups -OCH3 is 1. The minimum atomic E-state index is -1.32. The van der Waals surface area contributed by atoms with Gasteiger partial charge < -0.3 is 19.3 Å². The van der Waals surface area contributed by atoms with E-state index < -0.39 is 16.6 Å². The molecule has 2 amide bonds. The second kappa shape index (κ2) is 10.9. The molecule has 5 rings (SSSR count). The maximum atomic E-state index is 13.8. The first-order chi connectivity index (χ1) is 19.5. The molecule has 1 aromatic heterocycles. The highest BCUT2D eigenvalue weighted by Crippen LogP contribution is 2.48. The number of carbonyl (C=O) groups excluding carboxylic acids is 3. The van der Waals surface area contributed by atoms with Gasteiger partial charge in [-0.25, -0.2) is 9.78 Å². The number of hydrogen-bond donors (Lipinski definition) is 1. The van der Waals surface area contributed by atoms with Crippen LogP contribution in [-0.2, 0) is 20.7 Å². The molecule has 41 heavy (non-hydrogen) atoms. The van der Waals surface area contributed by atoms with Crippen LogP contribution in [0.1, 0.15) is 57.7 Å². The fourth-order valence-corrected chi connectivity index (χ4v) is 6.42. The number of nitrogens with zero attached hydrogens (tertiary/aromatic N) is 5. The number of thiol groups is 1. The number of piperidine rings is 1. The fraction of sp³-hybridized carbons (Fsp3) is 0.500. The number of pyridine rings is 1. The van der Waals surface area contributed by atoms with Gasteiger partial charge in [-0.2, -0.15) is 5.26 Å². The Morgan fingerprint density at radius 2 is 1.85 bits per heavy atom. The van der Waals surface area contributed by atoms with Crippen molar-refractivity contribution in [1.82, 2.24) is 9.88 Å². The molecule has 1 aliphatic carbocycles. The van der Waals surface area contributed by atoms with E-state index in [1.165, 1.54) is 18.2 Å². The Bertz CT molecular complexity index is 1390. The second-order valence-electron chi connectivity index (χ2n) is 11.8. The SMILES string of the molecule is COc1cc(N2C(=O)C3(CCC3=O)N(c3ccc(CC4CCN(C(=O)OC(C)(C)C)CC4)cc3)C2S)cnc1C#N. The lowest BCUT2D eigenvalue weighted by molar-refractivity contribution is -0.138. The lowest BCUT2D eigenvalue weighted by Crippen LogP contribution is -2.62. The molecule has 2 aromatic rings. The Kier molecular flexibility index (Phi) is 7.64. The van der Waals surface area contributed by atoms with E-state index in [2.05, 4.69) is 4.98 Å².